The molecule has 0 fully saturated rings. The molecule has 0 bridgehead atoms. The Balaban J connectivity index is 1.31. The number of aromatic nitrogens is 2. The number of fused-ring (bicyclic) bond motifs is 2. The van der Waals surface area contributed by atoms with Crippen LogP contribution < -0.4 is 14.9 Å². The zero-order chi connectivity index (χ0) is 27.9. The van der Waals surface area contributed by atoms with Crippen LogP contribution in [0.2, 0.25) is 0 Å². The van der Waals surface area contributed by atoms with Crippen molar-refractivity contribution in [2.75, 3.05) is 14.9 Å². The topological polar surface area (TPSA) is 121 Å². The van der Waals surface area contributed by atoms with Gasteiger partial charge in [-0.2, -0.15) is 0 Å². The Labute approximate surface area is 230 Å². The summed E-state index contributed by atoms with van der Waals surface area (Å²) in [5.74, 6) is -0.554. The second-order valence-corrected chi connectivity index (χ2v) is 11.1. The molecule has 0 atom stereocenters. The Morgan fingerprint density at radius 2 is 1.38 bits per heavy atom. The number of anilines is 4. The molecule has 0 unspecified atom stereocenters. The first-order chi connectivity index (χ1) is 19.3. The second-order valence-electron chi connectivity index (χ2n) is 9.37. The van der Waals surface area contributed by atoms with Gasteiger partial charge in [0.05, 0.1) is 28.0 Å². The van der Waals surface area contributed by atoms with Gasteiger partial charge in [-0.3, -0.25) is 14.3 Å². The van der Waals surface area contributed by atoms with Crippen molar-refractivity contribution in [2.45, 2.75) is 18.2 Å². The minimum atomic E-state index is -4.11. The van der Waals surface area contributed by atoms with Crippen molar-refractivity contribution >= 4 is 55.9 Å². The molecule has 2 heterocycles. The fraction of sp³-hybridized carbons (Fsp3) is 0.0667. The van der Waals surface area contributed by atoms with Gasteiger partial charge >= 0.3 is 0 Å². The lowest BCUT2D eigenvalue weighted by Gasteiger charge is -2.26. The minimum Gasteiger partial charge on any atom is -0.337 e. The quantitative estimate of drug-likeness (QED) is 0.279. The molecule has 0 saturated heterocycles. The van der Waals surface area contributed by atoms with Gasteiger partial charge in [-0.15, -0.1) is 0 Å². The van der Waals surface area contributed by atoms with Crippen LogP contribution in [0.3, 0.4) is 0 Å². The summed E-state index contributed by atoms with van der Waals surface area (Å²) in [4.78, 5) is 35.9. The van der Waals surface area contributed by atoms with Gasteiger partial charge in [0.2, 0.25) is 5.91 Å². The van der Waals surface area contributed by atoms with Crippen molar-refractivity contribution < 1.29 is 18.0 Å². The first-order valence-corrected chi connectivity index (χ1v) is 14.0. The maximum absolute atomic E-state index is 13.4. The molecule has 1 aliphatic rings. The molecule has 2 amide bonds. The van der Waals surface area contributed by atoms with Gasteiger partial charge < -0.3 is 5.32 Å². The molecular formula is C30H23N5O4S. The van der Waals surface area contributed by atoms with Crippen LogP contribution in [0.1, 0.15) is 21.5 Å². The van der Waals surface area contributed by atoms with E-state index in [9.17, 15) is 18.0 Å². The van der Waals surface area contributed by atoms with Crippen molar-refractivity contribution in [3.63, 3.8) is 0 Å². The van der Waals surface area contributed by atoms with E-state index in [0.717, 1.165) is 16.2 Å². The fourth-order valence-corrected chi connectivity index (χ4v) is 5.52. The van der Waals surface area contributed by atoms with Crippen LogP contribution in [0.15, 0.2) is 102 Å². The fourth-order valence-electron chi connectivity index (χ4n) is 4.51. The molecule has 1 aliphatic heterocycles. The Morgan fingerprint density at radius 1 is 0.750 bits per heavy atom. The molecular weight excluding hydrogens is 526 g/mol. The highest BCUT2D eigenvalue weighted by Crippen LogP contribution is 2.29. The van der Waals surface area contributed by atoms with Crippen LogP contribution in [0.25, 0.3) is 11.0 Å². The summed E-state index contributed by atoms with van der Waals surface area (Å²) in [6, 6.07) is 27.3. The number of amides is 2. The lowest BCUT2D eigenvalue weighted by Crippen LogP contribution is -2.42. The van der Waals surface area contributed by atoms with Gasteiger partial charge in [-0.1, -0.05) is 48.0 Å². The third-order valence-electron chi connectivity index (χ3n) is 6.56. The maximum atomic E-state index is 13.4. The van der Waals surface area contributed by atoms with E-state index in [1.54, 1.807) is 42.5 Å². The predicted molar refractivity (Wildman–Crippen MR) is 153 cm³/mol. The van der Waals surface area contributed by atoms with E-state index in [1.807, 2.05) is 37.3 Å². The molecule has 5 aromatic rings. The summed E-state index contributed by atoms with van der Waals surface area (Å²) >= 11 is 0. The highest BCUT2D eigenvalue weighted by molar-refractivity contribution is 7.92. The average Bonchev–Trinajstić information content (AvgIpc) is 2.95. The summed E-state index contributed by atoms with van der Waals surface area (Å²) in [5.41, 5.74) is 4.33. The van der Waals surface area contributed by atoms with Gasteiger partial charge in [0.25, 0.3) is 15.9 Å². The molecule has 9 nitrogen and oxygen atoms in total. The molecule has 1 aromatic heterocycles. The first kappa shape index (κ1) is 25.2. The summed E-state index contributed by atoms with van der Waals surface area (Å²) in [5, 5.41) is 3.15. The van der Waals surface area contributed by atoms with Crippen molar-refractivity contribution in [2.24, 2.45) is 0 Å². The predicted octanol–water partition coefficient (Wildman–Crippen LogP) is 5.21. The second kappa shape index (κ2) is 9.90. The number of carbonyl (C=O) groups excluding carboxylic acids is 2. The SMILES string of the molecule is Cc1ccc(Nc2nc3ccccc3nc2NS(=O)(=O)c2ccc(N3C(=O)Cc4ccccc4C3=O)cc2)cc1. The molecule has 40 heavy (non-hydrogen) atoms. The number of nitrogens with one attached hydrogen (secondary N) is 2. The molecule has 4 aromatic carbocycles. The van der Waals surface area contributed by atoms with Crippen molar-refractivity contribution in [3.8, 4) is 0 Å². The van der Waals surface area contributed by atoms with Crippen LogP contribution in [-0.4, -0.2) is 30.2 Å². The van der Waals surface area contributed by atoms with Crippen molar-refractivity contribution in [1.82, 2.24) is 9.97 Å². The van der Waals surface area contributed by atoms with E-state index >= 15 is 0 Å². The lowest BCUT2D eigenvalue weighted by atomic mass is 9.98. The molecule has 2 N–H and O–H groups in total. The van der Waals surface area contributed by atoms with E-state index in [1.165, 1.54) is 24.3 Å². The van der Waals surface area contributed by atoms with Crippen molar-refractivity contribution in [1.29, 1.82) is 0 Å². The third-order valence-corrected chi connectivity index (χ3v) is 7.92. The van der Waals surface area contributed by atoms with Crippen LogP contribution >= 0.6 is 0 Å². The van der Waals surface area contributed by atoms with Gasteiger partial charge in [-0.25, -0.2) is 23.3 Å². The minimum absolute atomic E-state index is 0.0290. The molecule has 0 aliphatic carbocycles. The molecule has 10 heteroatoms. The molecule has 6 rings (SSSR count). The number of imide groups is 1. The Bertz CT molecular complexity index is 1890. The summed E-state index contributed by atoms with van der Waals surface area (Å²) < 4.78 is 29.4. The number of hydrogen-bond donors (Lipinski definition) is 2. The van der Waals surface area contributed by atoms with Gasteiger partial charge in [-0.05, 0) is 67.1 Å². The number of para-hydroxylation sites is 2. The number of aryl methyl sites for hydroxylation is 1. The normalized spacial score (nSPS) is 13.3. The Morgan fingerprint density at radius 3 is 2.08 bits per heavy atom. The standard InChI is InChI=1S/C30H23N5O4S/c1-19-10-12-21(13-11-19)31-28-29(33-26-9-5-4-8-25(26)32-28)34-40(38,39)23-16-14-22(15-17-23)35-27(36)18-20-6-2-3-7-24(20)30(35)37/h2-17H,18H2,1H3,(H,31,32)(H,33,34). The molecule has 0 spiro atoms. The third kappa shape index (κ3) is 4.76. The number of rotatable bonds is 6. The largest absolute Gasteiger partial charge is 0.337 e. The van der Waals surface area contributed by atoms with Crippen LogP contribution in [0.4, 0.5) is 23.0 Å². The highest BCUT2D eigenvalue weighted by Gasteiger charge is 2.32. The lowest BCUT2D eigenvalue weighted by molar-refractivity contribution is -0.117. The summed E-state index contributed by atoms with van der Waals surface area (Å²) in [6.45, 7) is 1.97. The monoisotopic (exact) mass is 549 g/mol. The Kier molecular flexibility index (Phi) is 6.24. The van der Waals surface area contributed by atoms with Crippen LogP contribution in [0.5, 0.6) is 0 Å². The number of carbonyl (C=O) groups is 2. The summed E-state index contributed by atoms with van der Waals surface area (Å²) in [7, 11) is -4.11. The van der Waals surface area contributed by atoms with E-state index in [2.05, 4.69) is 20.0 Å². The smallest absolute Gasteiger partial charge is 0.265 e. The summed E-state index contributed by atoms with van der Waals surface area (Å²) in [6.07, 6.45) is 0.0842. The van der Waals surface area contributed by atoms with E-state index in [4.69, 9.17) is 0 Å². The van der Waals surface area contributed by atoms with Gasteiger partial charge in [0, 0.05) is 11.3 Å². The van der Waals surface area contributed by atoms with Crippen LogP contribution in [-0.2, 0) is 21.2 Å². The number of sulfonamides is 1. The molecule has 198 valence electrons. The molecule has 0 radical (unpaired) electrons. The number of nitrogens with zero attached hydrogens (tertiary/aromatic N) is 3. The zero-order valence-corrected chi connectivity index (χ0v) is 22.1. The maximum Gasteiger partial charge on any atom is 0.265 e. The van der Waals surface area contributed by atoms with Crippen LogP contribution in [0, 0.1) is 6.92 Å². The average molecular weight is 550 g/mol. The van der Waals surface area contributed by atoms with Crippen molar-refractivity contribution in [3.05, 3.63) is 114 Å². The number of hydrogen-bond acceptors (Lipinski definition) is 7. The van der Waals surface area contributed by atoms with E-state index < -0.39 is 15.9 Å². The Hall–Kier alpha value is -5.09. The zero-order valence-electron chi connectivity index (χ0n) is 21.3. The van der Waals surface area contributed by atoms with E-state index in [0.29, 0.717) is 22.2 Å². The van der Waals surface area contributed by atoms with E-state index in [-0.39, 0.29) is 34.5 Å². The van der Waals surface area contributed by atoms with Gasteiger partial charge in [0.15, 0.2) is 11.6 Å². The first-order valence-electron chi connectivity index (χ1n) is 12.5. The number of benzene rings is 4. The highest BCUT2D eigenvalue weighted by atomic mass is 32.2. The molecule has 0 saturated carbocycles. The van der Waals surface area contributed by atoms with Gasteiger partial charge in [0.1, 0.15) is 0 Å².